The SMILES string of the molecule is Clc1ccc(COc2cccc(N[C@@H]3CCNC3)c2)nc1.O=C(O)C(F)(F)F. The van der Waals surface area contributed by atoms with Crippen molar-refractivity contribution in [1.82, 2.24) is 10.3 Å². The van der Waals surface area contributed by atoms with Crippen LogP contribution in [0.15, 0.2) is 42.6 Å². The third kappa shape index (κ3) is 7.61. The lowest BCUT2D eigenvalue weighted by atomic mass is 10.2. The van der Waals surface area contributed by atoms with Crippen LogP contribution in [-0.2, 0) is 11.4 Å². The molecule has 6 nitrogen and oxygen atoms in total. The number of anilines is 1. The number of carboxylic acids is 1. The summed E-state index contributed by atoms with van der Waals surface area (Å²) in [5, 5.41) is 14.6. The van der Waals surface area contributed by atoms with Crippen LogP contribution in [0, 0.1) is 0 Å². The zero-order valence-corrected chi connectivity index (χ0v) is 15.4. The van der Waals surface area contributed by atoms with Gasteiger partial charge in [-0.05, 0) is 37.2 Å². The van der Waals surface area contributed by atoms with E-state index in [4.69, 9.17) is 26.2 Å². The normalized spacial score (nSPS) is 16.1. The second kappa shape index (κ2) is 10.1. The number of aliphatic carboxylic acids is 1. The van der Waals surface area contributed by atoms with Crippen LogP contribution < -0.4 is 15.4 Å². The monoisotopic (exact) mass is 417 g/mol. The van der Waals surface area contributed by atoms with E-state index in [1.807, 2.05) is 30.3 Å². The number of halogens is 4. The Morgan fingerprint density at radius 2 is 2.11 bits per heavy atom. The predicted octanol–water partition coefficient (Wildman–Crippen LogP) is 3.72. The molecule has 1 atom stereocenters. The quantitative estimate of drug-likeness (QED) is 0.687. The maximum Gasteiger partial charge on any atom is 0.490 e. The van der Waals surface area contributed by atoms with Crippen molar-refractivity contribution in [2.24, 2.45) is 0 Å². The summed E-state index contributed by atoms with van der Waals surface area (Å²) in [6, 6.07) is 12.2. The van der Waals surface area contributed by atoms with Gasteiger partial charge in [0, 0.05) is 30.5 Å². The third-order valence-electron chi connectivity index (χ3n) is 3.68. The van der Waals surface area contributed by atoms with Gasteiger partial charge < -0.3 is 20.5 Å². The molecule has 0 bridgehead atoms. The fourth-order valence-electron chi connectivity index (χ4n) is 2.34. The molecule has 1 aromatic heterocycles. The number of pyridine rings is 1. The van der Waals surface area contributed by atoms with Crippen molar-refractivity contribution in [2.75, 3.05) is 18.4 Å². The van der Waals surface area contributed by atoms with E-state index >= 15 is 0 Å². The predicted molar refractivity (Wildman–Crippen MR) is 98.6 cm³/mol. The summed E-state index contributed by atoms with van der Waals surface area (Å²) in [4.78, 5) is 13.1. The summed E-state index contributed by atoms with van der Waals surface area (Å²) in [6.45, 7) is 2.53. The highest BCUT2D eigenvalue weighted by Gasteiger charge is 2.38. The van der Waals surface area contributed by atoms with Gasteiger partial charge in [0.2, 0.25) is 0 Å². The van der Waals surface area contributed by atoms with Crippen LogP contribution in [0.1, 0.15) is 12.1 Å². The van der Waals surface area contributed by atoms with E-state index in [2.05, 4.69) is 21.7 Å². The highest BCUT2D eigenvalue weighted by atomic mass is 35.5. The maximum absolute atomic E-state index is 10.6. The molecule has 0 aliphatic carbocycles. The number of hydrogen-bond donors (Lipinski definition) is 3. The molecule has 3 N–H and O–H groups in total. The smallest absolute Gasteiger partial charge is 0.487 e. The van der Waals surface area contributed by atoms with E-state index < -0.39 is 12.1 Å². The molecule has 1 fully saturated rings. The fourth-order valence-corrected chi connectivity index (χ4v) is 2.45. The summed E-state index contributed by atoms with van der Waals surface area (Å²) in [5.41, 5.74) is 1.95. The molecule has 28 heavy (non-hydrogen) atoms. The molecule has 3 rings (SSSR count). The Morgan fingerprint density at radius 3 is 2.68 bits per heavy atom. The molecule has 0 saturated carbocycles. The lowest BCUT2D eigenvalue weighted by Gasteiger charge is -2.14. The van der Waals surface area contributed by atoms with Crippen molar-refractivity contribution in [2.45, 2.75) is 25.2 Å². The average molecular weight is 418 g/mol. The minimum Gasteiger partial charge on any atom is -0.487 e. The number of alkyl halides is 3. The standard InChI is InChI=1S/C16H18ClN3O.C2HF3O2/c17-12-4-5-15(19-9-12)11-21-16-3-1-2-13(8-16)20-14-6-7-18-10-14;3-2(4,5)1(6)7/h1-5,8-9,14,18,20H,6-7,10-11H2;(H,6,7)/t14-;/m1./s1. The maximum atomic E-state index is 10.6. The molecule has 0 spiro atoms. The Balaban J connectivity index is 0.000000345. The number of aromatic nitrogens is 1. The molecule has 1 aromatic carbocycles. The number of rotatable bonds is 5. The summed E-state index contributed by atoms with van der Waals surface area (Å²) < 4.78 is 37.5. The first-order valence-electron chi connectivity index (χ1n) is 8.34. The molecule has 2 aromatic rings. The Kier molecular flexibility index (Phi) is 7.89. The van der Waals surface area contributed by atoms with E-state index in [1.165, 1.54) is 0 Å². The van der Waals surface area contributed by atoms with Crippen LogP contribution in [0.25, 0.3) is 0 Å². The highest BCUT2D eigenvalue weighted by molar-refractivity contribution is 6.30. The van der Waals surface area contributed by atoms with Gasteiger partial charge in [0.05, 0.1) is 10.7 Å². The van der Waals surface area contributed by atoms with Crippen LogP contribution in [0.2, 0.25) is 5.02 Å². The van der Waals surface area contributed by atoms with Crippen LogP contribution >= 0.6 is 11.6 Å². The van der Waals surface area contributed by atoms with Crippen molar-refractivity contribution < 1.29 is 27.8 Å². The second-order valence-corrected chi connectivity index (χ2v) is 6.36. The number of carbonyl (C=O) groups is 1. The molecule has 0 radical (unpaired) electrons. The minimum atomic E-state index is -5.08. The Bertz CT molecular complexity index is 767. The molecule has 152 valence electrons. The number of nitrogens with one attached hydrogen (secondary N) is 2. The number of hydrogen-bond acceptors (Lipinski definition) is 5. The molecule has 0 amide bonds. The van der Waals surface area contributed by atoms with Crippen LogP contribution in [0.3, 0.4) is 0 Å². The Hall–Kier alpha value is -2.52. The van der Waals surface area contributed by atoms with Gasteiger partial charge in [-0.25, -0.2) is 4.79 Å². The van der Waals surface area contributed by atoms with Gasteiger partial charge in [0.15, 0.2) is 0 Å². The number of ether oxygens (including phenoxy) is 1. The number of benzene rings is 1. The van der Waals surface area contributed by atoms with Gasteiger partial charge in [-0.3, -0.25) is 4.98 Å². The first kappa shape index (κ1) is 21.8. The van der Waals surface area contributed by atoms with Gasteiger partial charge in [-0.1, -0.05) is 17.7 Å². The zero-order chi connectivity index (χ0) is 20.6. The van der Waals surface area contributed by atoms with Crippen molar-refractivity contribution in [1.29, 1.82) is 0 Å². The van der Waals surface area contributed by atoms with Gasteiger partial charge in [-0.15, -0.1) is 0 Å². The van der Waals surface area contributed by atoms with Gasteiger partial charge in [-0.2, -0.15) is 13.2 Å². The highest BCUT2D eigenvalue weighted by Crippen LogP contribution is 2.20. The Morgan fingerprint density at radius 1 is 1.36 bits per heavy atom. The van der Waals surface area contributed by atoms with Crippen LogP contribution in [0.5, 0.6) is 5.75 Å². The lowest BCUT2D eigenvalue weighted by Crippen LogP contribution is -2.21. The molecule has 0 unspecified atom stereocenters. The molecule has 10 heteroatoms. The second-order valence-electron chi connectivity index (χ2n) is 5.92. The molecule has 1 aliphatic heterocycles. The van der Waals surface area contributed by atoms with Crippen molar-refractivity contribution in [3.63, 3.8) is 0 Å². The van der Waals surface area contributed by atoms with Crippen molar-refractivity contribution in [3.05, 3.63) is 53.3 Å². The van der Waals surface area contributed by atoms with E-state index in [-0.39, 0.29) is 0 Å². The number of carboxylic acid groups (broad SMARTS) is 1. The van der Waals surface area contributed by atoms with Crippen LogP contribution in [-0.4, -0.2) is 41.4 Å². The molecule has 2 heterocycles. The van der Waals surface area contributed by atoms with E-state index in [9.17, 15) is 13.2 Å². The average Bonchev–Trinajstić information content (AvgIpc) is 3.14. The lowest BCUT2D eigenvalue weighted by molar-refractivity contribution is -0.192. The van der Waals surface area contributed by atoms with E-state index in [0.717, 1.165) is 36.6 Å². The molecule has 1 saturated heterocycles. The molecular formula is C18H19ClF3N3O3. The van der Waals surface area contributed by atoms with E-state index in [0.29, 0.717) is 17.7 Å². The summed E-state index contributed by atoms with van der Waals surface area (Å²) >= 11 is 5.81. The molecular weight excluding hydrogens is 399 g/mol. The Labute approximate surface area is 164 Å². The minimum absolute atomic E-state index is 0.436. The van der Waals surface area contributed by atoms with Crippen molar-refractivity contribution >= 4 is 23.3 Å². The largest absolute Gasteiger partial charge is 0.490 e. The summed E-state index contributed by atoms with van der Waals surface area (Å²) in [7, 11) is 0. The van der Waals surface area contributed by atoms with Gasteiger partial charge in [0.1, 0.15) is 12.4 Å². The third-order valence-corrected chi connectivity index (χ3v) is 3.91. The zero-order valence-electron chi connectivity index (χ0n) is 14.7. The first-order valence-corrected chi connectivity index (χ1v) is 8.72. The fraction of sp³-hybridized carbons (Fsp3) is 0.333. The van der Waals surface area contributed by atoms with Gasteiger partial charge in [0.25, 0.3) is 0 Å². The first-order chi connectivity index (χ1) is 13.2. The van der Waals surface area contributed by atoms with E-state index in [1.54, 1.807) is 6.20 Å². The van der Waals surface area contributed by atoms with Crippen molar-refractivity contribution in [3.8, 4) is 5.75 Å². The molecule has 1 aliphatic rings. The topological polar surface area (TPSA) is 83.5 Å². The summed E-state index contributed by atoms with van der Waals surface area (Å²) in [5.74, 6) is -1.92. The van der Waals surface area contributed by atoms with Gasteiger partial charge >= 0.3 is 12.1 Å². The van der Waals surface area contributed by atoms with Crippen LogP contribution in [0.4, 0.5) is 18.9 Å². The summed E-state index contributed by atoms with van der Waals surface area (Å²) in [6.07, 6.45) is -2.30. The number of nitrogens with zero attached hydrogens (tertiary/aromatic N) is 1.